The van der Waals surface area contributed by atoms with Crippen LogP contribution in [0.2, 0.25) is 0 Å². The largest absolute Gasteiger partial charge is 0.328 e. The van der Waals surface area contributed by atoms with E-state index in [-0.39, 0.29) is 17.4 Å². The van der Waals surface area contributed by atoms with Crippen LogP contribution in [0.5, 0.6) is 0 Å². The van der Waals surface area contributed by atoms with Gasteiger partial charge >= 0.3 is 0 Å². The summed E-state index contributed by atoms with van der Waals surface area (Å²) in [5.41, 5.74) is -0.0187. The molecule has 1 amide bonds. The minimum absolute atomic E-state index is 0.0150. The molecule has 1 aliphatic rings. The number of Topliss-reactive ketones (excluding diaryl/α,β-unsaturated/α-hetero) is 1. The third kappa shape index (κ3) is 2.12. The highest BCUT2D eigenvalue weighted by molar-refractivity contribution is 6.70. The summed E-state index contributed by atoms with van der Waals surface area (Å²) in [4.78, 5) is 25.7. The number of para-hydroxylation sites is 1. The van der Waals surface area contributed by atoms with Gasteiger partial charge in [0, 0.05) is 14.1 Å². The van der Waals surface area contributed by atoms with Crippen molar-refractivity contribution in [2.24, 2.45) is 5.10 Å². The Balaban J connectivity index is 2.35. The Morgan fingerprint density at radius 1 is 1.16 bits per heavy atom. The molecule has 0 radical (unpaired) electrons. The van der Waals surface area contributed by atoms with E-state index in [0.717, 1.165) is 5.69 Å². The standard InChI is InChI=1S/C14H17N3O2/c1-14(2)12(18)11(13(19)16(14)3)15-17(4)10-8-6-5-7-9-10/h5-9H,1-4H3/b15-11-. The van der Waals surface area contributed by atoms with Gasteiger partial charge in [0.05, 0.1) is 5.69 Å². The number of carbonyl (C=O) groups is 2. The first kappa shape index (κ1) is 13.3. The lowest BCUT2D eigenvalue weighted by atomic mass is 10.0. The SMILES string of the molecule is CN(/N=C1\C(=O)N(C)C(C)(C)C1=O)c1ccccc1. The molecule has 0 unspecified atom stereocenters. The van der Waals surface area contributed by atoms with Gasteiger partial charge in [-0.25, -0.2) is 0 Å². The molecule has 5 heteroatoms. The van der Waals surface area contributed by atoms with Crippen LogP contribution in [0.1, 0.15) is 13.8 Å². The molecule has 0 N–H and O–H groups in total. The summed E-state index contributed by atoms with van der Waals surface area (Å²) in [7, 11) is 3.33. The predicted octanol–water partition coefficient (Wildman–Crippen LogP) is 1.30. The second-order valence-electron chi connectivity index (χ2n) is 5.06. The maximum Gasteiger partial charge on any atom is 0.278 e. The minimum atomic E-state index is -0.826. The van der Waals surface area contributed by atoms with Crippen molar-refractivity contribution in [2.75, 3.05) is 19.1 Å². The van der Waals surface area contributed by atoms with E-state index in [1.165, 1.54) is 4.90 Å². The number of amides is 1. The molecule has 0 saturated carbocycles. The third-order valence-corrected chi connectivity index (χ3v) is 3.50. The topological polar surface area (TPSA) is 53.0 Å². The summed E-state index contributed by atoms with van der Waals surface area (Å²) >= 11 is 0. The zero-order chi connectivity index (χ0) is 14.2. The molecule has 19 heavy (non-hydrogen) atoms. The van der Waals surface area contributed by atoms with E-state index in [2.05, 4.69) is 5.10 Å². The van der Waals surface area contributed by atoms with Crippen LogP contribution in [0.4, 0.5) is 5.69 Å². The van der Waals surface area contributed by atoms with Gasteiger partial charge in [0.25, 0.3) is 5.91 Å². The van der Waals surface area contributed by atoms with Crippen LogP contribution in [-0.4, -0.2) is 41.9 Å². The fraction of sp³-hybridized carbons (Fsp3) is 0.357. The number of nitrogens with zero attached hydrogens (tertiary/aromatic N) is 3. The molecule has 0 atom stereocenters. The number of benzene rings is 1. The van der Waals surface area contributed by atoms with E-state index in [4.69, 9.17) is 0 Å². The predicted molar refractivity (Wildman–Crippen MR) is 74.1 cm³/mol. The van der Waals surface area contributed by atoms with E-state index < -0.39 is 5.54 Å². The average Bonchev–Trinajstić information content (AvgIpc) is 2.55. The van der Waals surface area contributed by atoms with Gasteiger partial charge < -0.3 is 4.90 Å². The van der Waals surface area contributed by atoms with Gasteiger partial charge in [-0.2, -0.15) is 5.10 Å². The lowest BCUT2D eigenvalue weighted by Gasteiger charge is -2.24. The molecule has 1 fully saturated rings. The Kier molecular flexibility index (Phi) is 3.14. The first-order valence-corrected chi connectivity index (χ1v) is 6.06. The molecule has 0 aliphatic carbocycles. The Morgan fingerprint density at radius 2 is 1.74 bits per heavy atom. The number of ketones is 1. The monoisotopic (exact) mass is 259 g/mol. The van der Waals surface area contributed by atoms with Crippen molar-refractivity contribution in [1.29, 1.82) is 0 Å². The quantitative estimate of drug-likeness (QED) is 0.752. The Morgan fingerprint density at radius 3 is 2.21 bits per heavy atom. The highest BCUT2D eigenvalue weighted by atomic mass is 16.2. The van der Waals surface area contributed by atoms with Crippen LogP contribution in [0, 0.1) is 0 Å². The summed E-state index contributed by atoms with van der Waals surface area (Å²) in [6, 6.07) is 9.37. The molecule has 0 spiro atoms. The van der Waals surface area contributed by atoms with Gasteiger partial charge in [0.2, 0.25) is 5.78 Å². The molecular formula is C14H17N3O2. The Labute approximate surface area is 112 Å². The van der Waals surface area contributed by atoms with Crippen molar-refractivity contribution in [3.8, 4) is 0 Å². The number of likely N-dealkylation sites (tertiary alicyclic amines) is 1. The van der Waals surface area contributed by atoms with Crippen LogP contribution >= 0.6 is 0 Å². The van der Waals surface area contributed by atoms with Crippen LogP contribution in [0.15, 0.2) is 35.4 Å². The lowest BCUT2D eigenvalue weighted by Crippen LogP contribution is -2.41. The van der Waals surface area contributed by atoms with E-state index in [1.807, 2.05) is 30.3 Å². The lowest BCUT2D eigenvalue weighted by molar-refractivity contribution is -0.128. The molecule has 1 aromatic rings. The smallest absolute Gasteiger partial charge is 0.278 e. The van der Waals surface area contributed by atoms with Crippen molar-refractivity contribution in [3.05, 3.63) is 30.3 Å². The van der Waals surface area contributed by atoms with Gasteiger partial charge in [-0.3, -0.25) is 14.6 Å². The van der Waals surface area contributed by atoms with Gasteiger partial charge in [0.15, 0.2) is 5.71 Å². The zero-order valence-corrected chi connectivity index (χ0v) is 11.5. The number of hydrogen-bond acceptors (Lipinski definition) is 4. The molecule has 5 nitrogen and oxygen atoms in total. The summed E-state index contributed by atoms with van der Waals surface area (Å²) in [6.07, 6.45) is 0. The number of hydrogen-bond donors (Lipinski definition) is 0. The molecule has 100 valence electrons. The highest BCUT2D eigenvalue weighted by Gasteiger charge is 2.49. The zero-order valence-electron chi connectivity index (χ0n) is 11.5. The normalized spacial score (nSPS) is 20.2. The molecule has 1 aromatic carbocycles. The van der Waals surface area contributed by atoms with E-state index in [9.17, 15) is 9.59 Å². The van der Waals surface area contributed by atoms with Crippen molar-refractivity contribution >= 4 is 23.1 Å². The number of likely N-dealkylation sites (N-methyl/N-ethyl adjacent to an activating group) is 1. The fourth-order valence-corrected chi connectivity index (χ4v) is 1.89. The second kappa shape index (κ2) is 4.50. The molecule has 0 aromatic heterocycles. The van der Waals surface area contributed by atoms with Crippen molar-refractivity contribution in [1.82, 2.24) is 4.90 Å². The number of carbonyl (C=O) groups excluding carboxylic acids is 2. The van der Waals surface area contributed by atoms with Gasteiger partial charge in [-0.05, 0) is 26.0 Å². The van der Waals surface area contributed by atoms with Gasteiger partial charge in [-0.15, -0.1) is 0 Å². The molecule has 1 aliphatic heterocycles. The van der Waals surface area contributed by atoms with Gasteiger partial charge in [0.1, 0.15) is 5.54 Å². The maximum atomic E-state index is 12.2. The Hall–Kier alpha value is -2.17. The summed E-state index contributed by atoms with van der Waals surface area (Å²) < 4.78 is 0. The maximum absolute atomic E-state index is 12.2. The van der Waals surface area contributed by atoms with Crippen LogP contribution in [0.25, 0.3) is 0 Å². The highest BCUT2D eigenvalue weighted by Crippen LogP contribution is 2.23. The first-order valence-electron chi connectivity index (χ1n) is 6.06. The second-order valence-corrected chi connectivity index (χ2v) is 5.06. The molecule has 1 heterocycles. The van der Waals surface area contributed by atoms with Crippen molar-refractivity contribution in [3.63, 3.8) is 0 Å². The first-order chi connectivity index (χ1) is 8.85. The third-order valence-electron chi connectivity index (χ3n) is 3.50. The van der Waals surface area contributed by atoms with E-state index >= 15 is 0 Å². The summed E-state index contributed by atoms with van der Waals surface area (Å²) in [6.45, 7) is 3.44. The Bertz CT molecular complexity index is 549. The average molecular weight is 259 g/mol. The number of rotatable bonds is 2. The van der Waals surface area contributed by atoms with E-state index in [1.54, 1.807) is 33.0 Å². The molecular weight excluding hydrogens is 242 g/mol. The van der Waals surface area contributed by atoms with E-state index in [0.29, 0.717) is 0 Å². The fourth-order valence-electron chi connectivity index (χ4n) is 1.89. The number of anilines is 1. The van der Waals surface area contributed by atoms with Crippen molar-refractivity contribution in [2.45, 2.75) is 19.4 Å². The minimum Gasteiger partial charge on any atom is -0.328 e. The molecule has 0 bridgehead atoms. The van der Waals surface area contributed by atoms with Crippen LogP contribution in [-0.2, 0) is 9.59 Å². The molecule has 2 rings (SSSR count). The summed E-state index contributed by atoms with van der Waals surface area (Å²) in [5.74, 6) is -0.583. The van der Waals surface area contributed by atoms with Crippen LogP contribution in [0.3, 0.4) is 0 Å². The number of hydrazone groups is 1. The van der Waals surface area contributed by atoms with Crippen molar-refractivity contribution < 1.29 is 9.59 Å². The molecule has 1 saturated heterocycles. The van der Waals surface area contributed by atoms with Gasteiger partial charge in [-0.1, -0.05) is 18.2 Å². The summed E-state index contributed by atoms with van der Waals surface area (Å²) in [5, 5.41) is 5.71. The van der Waals surface area contributed by atoms with Crippen LogP contribution < -0.4 is 5.01 Å².